The van der Waals surface area contributed by atoms with Gasteiger partial charge in [-0.15, -0.1) is 0 Å². The van der Waals surface area contributed by atoms with Crippen LogP contribution in [0.5, 0.6) is 0 Å². The molecule has 0 aliphatic carbocycles. The molecular formula is C6H7F3N4O. The lowest BCUT2D eigenvalue weighted by Crippen LogP contribution is -2.31. The van der Waals surface area contributed by atoms with Crippen molar-refractivity contribution in [2.24, 2.45) is 7.05 Å². The minimum atomic E-state index is -4.93. The van der Waals surface area contributed by atoms with Gasteiger partial charge in [-0.1, -0.05) is 0 Å². The summed E-state index contributed by atoms with van der Waals surface area (Å²) in [5.41, 5.74) is 5.24. The average Bonchev–Trinajstić information content (AvgIpc) is 2.34. The van der Waals surface area contributed by atoms with Gasteiger partial charge in [0.1, 0.15) is 0 Å². The second-order valence-corrected chi connectivity index (χ2v) is 2.52. The lowest BCUT2D eigenvalue weighted by molar-refractivity contribution is -0.167. The van der Waals surface area contributed by atoms with Gasteiger partial charge in [0.25, 0.3) is 0 Å². The van der Waals surface area contributed by atoms with Crippen molar-refractivity contribution in [3.63, 3.8) is 0 Å². The van der Waals surface area contributed by atoms with Gasteiger partial charge in [-0.25, -0.2) is 0 Å². The number of nitrogens with one attached hydrogen (secondary N) is 1. The molecule has 0 atom stereocenters. The summed E-state index contributed by atoms with van der Waals surface area (Å²) in [5.74, 6) is -2.25. The number of carbonyl (C=O) groups excluding carboxylic acids is 1. The standard InChI is InChI=1S/C6H7F3N4O/c1-13-4(3(10)2-11-13)12-5(14)6(7,8)9/h2H,10H2,1H3,(H,12,14). The van der Waals surface area contributed by atoms with Gasteiger partial charge in [0.15, 0.2) is 5.82 Å². The van der Waals surface area contributed by atoms with Crippen LogP contribution in [0.15, 0.2) is 6.20 Å². The zero-order valence-corrected chi connectivity index (χ0v) is 7.09. The monoisotopic (exact) mass is 208 g/mol. The zero-order valence-electron chi connectivity index (χ0n) is 7.09. The quantitative estimate of drug-likeness (QED) is 0.705. The lowest BCUT2D eigenvalue weighted by atomic mass is 10.5. The number of aromatic nitrogens is 2. The molecule has 0 radical (unpaired) electrons. The number of hydrogen-bond acceptors (Lipinski definition) is 3. The molecule has 0 unspecified atom stereocenters. The normalized spacial score (nSPS) is 11.4. The van der Waals surface area contributed by atoms with E-state index in [1.165, 1.54) is 7.05 Å². The zero-order chi connectivity index (χ0) is 10.9. The molecule has 0 aromatic carbocycles. The van der Waals surface area contributed by atoms with Crippen molar-refractivity contribution in [3.8, 4) is 0 Å². The summed E-state index contributed by atoms with van der Waals surface area (Å²) in [6, 6.07) is 0. The SMILES string of the molecule is Cn1ncc(N)c1NC(=O)C(F)(F)F. The predicted molar refractivity (Wildman–Crippen MR) is 42.3 cm³/mol. The molecule has 78 valence electrons. The number of nitrogens with two attached hydrogens (primary N) is 1. The molecule has 0 fully saturated rings. The first kappa shape index (κ1) is 10.4. The molecule has 0 saturated carbocycles. The first-order valence-corrected chi connectivity index (χ1v) is 3.48. The molecule has 1 rings (SSSR count). The van der Waals surface area contributed by atoms with E-state index in [0.717, 1.165) is 10.9 Å². The molecule has 1 amide bonds. The van der Waals surface area contributed by atoms with Crippen LogP contribution in [0.1, 0.15) is 0 Å². The first-order chi connectivity index (χ1) is 6.32. The average molecular weight is 208 g/mol. The summed E-state index contributed by atoms with van der Waals surface area (Å²) in [6.45, 7) is 0. The second kappa shape index (κ2) is 3.20. The van der Waals surface area contributed by atoms with E-state index in [9.17, 15) is 18.0 Å². The Balaban J connectivity index is 2.85. The lowest BCUT2D eigenvalue weighted by Gasteiger charge is -2.08. The van der Waals surface area contributed by atoms with Crippen molar-refractivity contribution < 1.29 is 18.0 Å². The number of hydrogen-bond donors (Lipinski definition) is 2. The fourth-order valence-corrected chi connectivity index (χ4v) is 0.786. The number of aryl methyl sites for hydroxylation is 1. The third kappa shape index (κ3) is 1.95. The van der Waals surface area contributed by atoms with Crippen molar-refractivity contribution >= 4 is 17.4 Å². The molecule has 3 N–H and O–H groups in total. The van der Waals surface area contributed by atoms with Gasteiger partial charge in [-0.2, -0.15) is 18.3 Å². The fourth-order valence-electron chi connectivity index (χ4n) is 0.786. The number of anilines is 2. The van der Waals surface area contributed by atoms with E-state index < -0.39 is 12.1 Å². The Morgan fingerprint density at radius 2 is 2.21 bits per heavy atom. The summed E-state index contributed by atoms with van der Waals surface area (Å²) in [6.07, 6.45) is -3.79. The van der Waals surface area contributed by atoms with Crippen molar-refractivity contribution in [3.05, 3.63) is 6.20 Å². The Kier molecular flexibility index (Phi) is 2.37. The van der Waals surface area contributed by atoms with E-state index in [4.69, 9.17) is 5.73 Å². The van der Waals surface area contributed by atoms with Gasteiger partial charge < -0.3 is 11.1 Å². The minimum Gasteiger partial charge on any atom is -0.394 e. The highest BCUT2D eigenvalue weighted by atomic mass is 19.4. The van der Waals surface area contributed by atoms with Gasteiger partial charge in [0, 0.05) is 7.05 Å². The molecule has 5 nitrogen and oxygen atoms in total. The Hall–Kier alpha value is -1.73. The van der Waals surface area contributed by atoms with Crippen LogP contribution in [-0.4, -0.2) is 21.9 Å². The third-order valence-electron chi connectivity index (χ3n) is 1.46. The maximum atomic E-state index is 11.8. The van der Waals surface area contributed by atoms with Crippen LogP contribution >= 0.6 is 0 Å². The van der Waals surface area contributed by atoms with E-state index in [-0.39, 0.29) is 11.5 Å². The Bertz CT molecular complexity index is 337. The van der Waals surface area contributed by atoms with Gasteiger partial charge in [-0.3, -0.25) is 9.48 Å². The van der Waals surface area contributed by atoms with Crippen LogP contribution in [0.3, 0.4) is 0 Å². The number of amides is 1. The van der Waals surface area contributed by atoms with Crippen LogP contribution in [-0.2, 0) is 11.8 Å². The van der Waals surface area contributed by atoms with Crippen molar-refractivity contribution in [1.82, 2.24) is 9.78 Å². The van der Waals surface area contributed by atoms with E-state index in [1.807, 2.05) is 0 Å². The Morgan fingerprint density at radius 1 is 1.64 bits per heavy atom. The first-order valence-electron chi connectivity index (χ1n) is 3.48. The van der Waals surface area contributed by atoms with Gasteiger partial charge in [0.05, 0.1) is 11.9 Å². The van der Waals surface area contributed by atoms with Crippen LogP contribution < -0.4 is 11.1 Å². The highest BCUT2D eigenvalue weighted by molar-refractivity contribution is 5.96. The van der Waals surface area contributed by atoms with Crippen molar-refractivity contribution in [2.45, 2.75) is 6.18 Å². The number of rotatable bonds is 1. The molecule has 1 aromatic heterocycles. The second-order valence-electron chi connectivity index (χ2n) is 2.52. The van der Waals surface area contributed by atoms with E-state index in [1.54, 1.807) is 5.32 Å². The number of alkyl halides is 3. The molecule has 0 bridgehead atoms. The van der Waals surface area contributed by atoms with E-state index in [0.29, 0.717) is 0 Å². The summed E-state index contributed by atoms with van der Waals surface area (Å²) in [5, 5.41) is 5.17. The molecule has 0 aliphatic heterocycles. The number of nitrogen functional groups attached to an aromatic ring is 1. The summed E-state index contributed by atoms with van der Waals surface area (Å²) in [7, 11) is 1.36. The molecule has 0 aliphatic rings. The molecule has 14 heavy (non-hydrogen) atoms. The van der Waals surface area contributed by atoms with Crippen LogP contribution in [0.2, 0.25) is 0 Å². The molecule has 0 spiro atoms. The van der Waals surface area contributed by atoms with Gasteiger partial charge in [-0.05, 0) is 0 Å². The van der Waals surface area contributed by atoms with Crippen molar-refractivity contribution in [2.75, 3.05) is 11.1 Å². The third-order valence-corrected chi connectivity index (χ3v) is 1.46. The Morgan fingerprint density at radius 3 is 2.57 bits per heavy atom. The van der Waals surface area contributed by atoms with Crippen LogP contribution in [0.25, 0.3) is 0 Å². The summed E-state index contributed by atoms with van der Waals surface area (Å²) in [4.78, 5) is 10.5. The highest BCUT2D eigenvalue weighted by Crippen LogP contribution is 2.21. The van der Waals surface area contributed by atoms with Gasteiger partial charge in [0.2, 0.25) is 0 Å². The number of nitrogens with zero attached hydrogens (tertiary/aromatic N) is 2. The van der Waals surface area contributed by atoms with Crippen LogP contribution in [0, 0.1) is 0 Å². The number of carbonyl (C=O) groups is 1. The molecular weight excluding hydrogens is 201 g/mol. The smallest absolute Gasteiger partial charge is 0.394 e. The molecule has 8 heteroatoms. The maximum absolute atomic E-state index is 11.8. The Labute approximate surface area is 76.7 Å². The molecule has 1 aromatic rings. The maximum Gasteiger partial charge on any atom is 0.471 e. The topological polar surface area (TPSA) is 72.9 Å². The largest absolute Gasteiger partial charge is 0.471 e. The molecule has 1 heterocycles. The highest BCUT2D eigenvalue weighted by Gasteiger charge is 2.39. The van der Waals surface area contributed by atoms with Gasteiger partial charge >= 0.3 is 12.1 Å². The fraction of sp³-hybridized carbons (Fsp3) is 0.333. The summed E-state index contributed by atoms with van der Waals surface area (Å²) < 4.78 is 36.5. The van der Waals surface area contributed by atoms with E-state index >= 15 is 0 Å². The summed E-state index contributed by atoms with van der Waals surface area (Å²) >= 11 is 0. The minimum absolute atomic E-state index is 0.0231. The number of halogens is 3. The van der Waals surface area contributed by atoms with Crippen LogP contribution in [0.4, 0.5) is 24.7 Å². The van der Waals surface area contributed by atoms with E-state index in [2.05, 4.69) is 5.10 Å². The predicted octanol–water partition coefficient (Wildman–Crippen LogP) is 0.503. The van der Waals surface area contributed by atoms with Crippen molar-refractivity contribution in [1.29, 1.82) is 0 Å². The molecule has 0 saturated heterocycles.